The van der Waals surface area contributed by atoms with Crippen molar-refractivity contribution in [2.45, 2.75) is 22.8 Å². The lowest BCUT2D eigenvalue weighted by Crippen LogP contribution is -2.39. The standard InChI is InChI=1S/C19H23FN2OS2.C4H4O4/c1-13(11-24-18-8-4-5-15(20)19(18)21)9-22-14-10-23-16-6-2-3-7-17(16)25-12-14;5-3(6)1-2-4(7)8/h2-8,13-14,22H,9-12,21H2,1H3;1-2H,(H,5,6)(H,7,8)/b;2-1-/t13-,14+;/m0./s1. The molecule has 1 heterocycles. The Morgan fingerprint density at radius 1 is 1.24 bits per heavy atom. The molecule has 0 amide bonds. The van der Waals surface area contributed by atoms with E-state index in [2.05, 4.69) is 18.3 Å². The molecule has 0 spiro atoms. The molecule has 0 saturated carbocycles. The highest BCUT2D eigenvalue weighted by Gasteiger charge is 2.18. The topological polar surface area (TPSA) is 122 Å². The lowest BCUT2D eigenvalue weighted by molar-refractivity contribution is -0.134. The van der Waals surface area contributed by atoms with Gasteiger partial charge in [-0.1, -0.05) is 25.1 Å². The largest absolute Gasteiger partial charge is 0.491 e. The van der Waals surface area contributed by atoms with Crippen LogP contribution >= 0.6 is 23.5 Å². The maximum absolute atomic E-state index is 13.5. The van der Waals surface area contributed by atoms with Crippen LogP contribution in [0.5, 0.6) is 5.75 Å². The fraction of sp³-hybridized carbons (Fsp3) is 0.304. The van der Waals surface area contributed by atoms with E-state index in [0.29, 0.717) is 30.7 Å². The number of aliphatic carboxylic acids is 2. The quantitative estimate of drug-likeness (QED) is 0.245. The average Bonchev–Trinajstić information content (AvgIpc) is 3.00. The monoisotopic (exact) mass is 494 g/mol. The molecule has 0 aliphatic carbocycles. The summed E-state index contributed by atoms with van der Waals surface area (Å²) in [6.45, 7) is 3.77. The number of carboxylic acids is 2. The van der Waals surface area contributed by atoms with E-state index in [1.165, 1.54) is 11.0 Å². The van der Waals surface area contributed by atoms with Crippen molar-refractivity contribution in [2.24, 2.45) is 5.92 Å². The molecule has 2 aromatic carbocycles. The van der Waals surface area contributed by atoms with Crippen LogP contribution in [-0.2, 0) is 9.59 Å². The van der Waals surface area contributed by atoms with Gasteiger partial charge in [-0.15, -0.1) is 23.5 Å². The van der Waals surface area contributed by atoms with Gasteiger partial charge in [0, 0.05) is 33.4 Å². The number of carbonyl (C=O) groups is 2. The van der Waals surface area contributed by atoms with Crippen LogP contribution < -0.4 is 15.8 Å². The van der Waals surface area contributed by atoms with Crippen LogP contribution in [-0.4, -0.2) is 52.9 Å². The van der Waals surface area contributed by atoms with Crippen molar-refractivity contribution in [3.8, 4) is 5.75 Å². The number of nitrogens with two attached hydrogens (primary N) is 1. The van der Waals surface area contributed by atoms with Crippen molar-refractivity contribution >= 4 is 41.1 Å². The minimum absolute atomic E-state index is 0.249. The van der Waals surface area contributed by atoms with Gasteiger partial charge in [-0.05, 0) is 36.7 Å². The number of hydrogen-bond acceptors (Lipinski definition) is 7. The van der Waals surface area contributed by atoms with Crippen molar-refractivity contribution in [1.29, 1.82) is 0 Å². The molecular weight excluding hydrogens is 467 g/mol. The molecule has 0 aromatic heterocycles. The molecule has 0 radical (unpaired) electrons. The second-order valence-electron chi connectivity index (χ2n) is 7.25. The fourth-order valence-electron chi connectivity index (χ4n) is 2.68. The number of benzene rings is 2. The summed E-state index contributed by atoms with van der Waals surface area (Å²) in [5, 5.41) is 19.2. The number of hydrogen-bond donors (Lipinski definition) is 4. The predicted octanol–water partition coefficient (Wildman–Crippen LogP) is 3.99. The van der Waals surface area contributed by atoms with Crippen molar-refractivity contribution < 1.29 is 28.9 Å². The molecule has 2 atom stereocenters. The lowest BCUT2D eigenvalue weighted by atomic mass is 10.2. The third-order valence-corrected chi connectivity index (χ3v) is 7.01. The van der Waals surface area contributed by atoms with Gasteiger partial charge in [-0.25, -0.2) is 14.0 Å². The highest BCUT2D eigenvalue weighted by Crippen LogP contribution is 2.32. The molecule has 5 N–H and O–H groups in total. The van der Waals surface area contributed by atoms with E-state index < -0.39 is 11.9 Å². The number of nitrogens with one attached hydrogen (secondary N) is 1. The molecule has 178 valence electrons. The Balaban J connectivity index is 0.000000414. The zero-order chi connectivity index (χ0) is 24.2. The van der Waals surface area contributed by atoms with Crippen LogP contribution in [0.1, 0.15) is 6.92 Å². The number of carboxylic acid groups (broad SMARTS) is 2. The van der Waals surface area contributed by atoms with Crippen molar-refractivity contribution in [3.63, 3.8) is 0 Å². The Morgan fingerprint density at radius 3 is 2.64 bits per heavy atom. The smallest absolute Gasteiger partial charge is 0.328 e. The molecule has 3 rings (SSSR count). The lowest BCUT2D eigenvalue weighted by Gasteiger charge is -2.19. The normalized spacial score (nSPS) is 16.0. The summed E-state index contributed by atoms with van der Waals surface area (Å²) in [6, 6.07) is 13.5. The van der Waals surface area contributed by atoms with Crippen LogP contribution in [0, 0.1) is 11.7 Å². The first-order chi connectivity index (χ1) is 15.8. The summed E-state index contributed by atoms with van der Waals surface area (Å²) in [7, 11) is 0. The Kier molecular flexibility index (Phi) is 11.1. The van der Waals surface area contributed by atoms with Gasteiger partial charge in [0.1, 0.15) is 18.2 Å². The molecule has 0 fully saturated rings. The number of ether oxygens (including phenoxy) is 1. The van der Waals surface area contributed by atoms with Crippen LogP contribution in [0.25, 0.3) is 0 Å². The molecule has 0 unspecified atom stereocenters. The Hall–Kier alpha value is -2.69. The van der Waals surface area contributed by atoms with Gasteiger partial charge in [-0.3, -0.25) is 0 Å². The maximum Gasteiger partial charge on any atom is 0.328 e. The zero-order valence-corrected chi connectivity index (χ0v) is 19.7. The fourth-order valence-corrected chi connectivity index (χ4v) is 4.73. The first kappa shape index (κ1) is 26.6. The van der Waals surface area contributed by atoms with E-state index in [9.17, 15) is 14.0 Å². The summed E-state index contributed by atoms with van der Waals surface area (Å²) >= 11 is 3.44. The van der Waals surface area contributed by atoms with E-state index in [1.807, 2.05) is 36.0 Å². The molecule has 10 heteroatoms. The van der Waals surface area contributed by atoms with Crippen molar-refractivity contribution in [3.05, 3.63) is 60.4 Å². The number of fused-ring (bicyclic) bond motifs is 1. The zero-order valence-electron chi connectivity index (χ0n) is 18.1. The molecule has 1 aliphatic heterocycles. The van der Waals surface area contributed by atoms with Gasteiger partial charge in [0.15, 0.2) is 0 Å². The number of anilines is 1. The Bertz CT molecular complexity index is 931. The molecule has 7 nitrogen and oxygen atoms in total. The summed E-state index contributed by atoms with van der Waals surface area (Å²) in [4.78, 5) is 21.1. The highest BCUT2D eigenvalue weighted by atomic mass is 32.2. The minimum atomic E-state index is -1.26. The second-order valence-corrected chi connectivity index (χ2v) is 9.38. The highest BCUT2D eigenvalue weighted by molar-refractivity contribution is 7.99. The van der Waals surface area contributed by atoms with Gasteiger partial charge in [-0.2, -0.15) is 0 Å². The molecule has 0 saturated heterocycles. The SMILES string of the molecule is C[C@@H](CN[C@@H]1COc2ccccc2SC1)CSc1cccc(F)c1N.O=C(O)/C=C\C(=O)O. The van der Waals surface area contributed by atoms with Crippen molar-refractivity contribution in [1.82, 2.24) is 5.32 Å². The number of halogens is 1. The number of thioether (sulfide) groups is 2. The van der Waals surface area contributed by atoms with Crippen LogP contribution in [0.15, 0.2) is 64.4 Å². The molecule has 33 heavy (non-hydrogen) atoms. The summed E-state index contributed by atoms with van der Waals surface area (Å²) in [5.41, 5.74) is 6.04. The van der Waals surface area contributed by atoms with Gasteiger partial charge in [0.25, 0.3) is 0 Å². The predicted molar refractivity (Wildman–Crippen MR) is 130 cm³/mol. The molecule has 1 aliphatic rings. The summed E-state index contributed by atoms with van der Waals surface area (Å²) in [5.74, 6) is 0.447. The number of para-hydroxylation sites is 2. The van der Waals surface area contributed by atoms with Gasteiger partial charge >= 0.3 is 11.9 Å². The third kappa shape index (κ3) is 9.77. The Labute approximate surface area is 200 Å². The second kappa shape index (κ2) is 13.8. The van der Waals surface area contributed by atoms with Crippen LogP contribution in [0.2, 0.25) is 0 Å². The van der Waals surface area contributed by atoms with E-state index >= 15 is 0 Å². The van der Waals surface area contributed by atoms with E-state index in [4.69, 9.17) is 20.7 Å². The molecule has 2 aromatic rings. The molecular formula is C23H27FN2O5S2. The first-order valence-electron chi connectivity index (χ1n) is 10.1. The van der Waals surface area contributed by atoms with Gasteiger partial charge in [0.2, 0.25) is 0 Å². The van der Waals surface area contributed by atoms with E-state index in [-0.39, 0.29) is 11.5 Å². The summed E-state index contributed by atoms with van der Waals surface area (Å²) in [6.07, 6.45) is 1.12. The van der Waals surface area contributed by atoms with Gasteiger partial charge in [0.05, 0.1) is 11.7 Å². The first-order valence-corrected chi connectivity index (χ1v) is 12.1. The van der Waals surface area contributed by atoms with Crippen molar-refractivity contribution in [2.75, 3.05) is 30.4 Å². The number of nitrogen functional groups attached to an aromatic ring is 1. The van der Waals surface area contributed by atoms with E-state index in [0.717, 1.165) is 28.7 Å². The van der Waals surface area contributed by atoms with Gasteiger partial charge < -0.3 is 26.0 Å². The summed E-state index contributed by atoms with van der Waals surface area (Å²) < 4.78 is 19.4. The number of rotatable bonds is 8. The molecule has 0 bridgehead atoms. The average molecular weight is 495 g/mol. The van der Waals surface area contributed by atoms with E-state index in [1.54, 1.807) is 17.8 Å². The van der Waals surface area contributed by atoms with Crippen LogP contribution in [0.3, 0.4) is 0 Å². The maximum atomic E-state index is 13.5. The Morgan fingerprint density at radius 2 is 1.94 bits per heavy atom. The third-order valence-electron chi connectivity index (χ3n) is 4.39. The minimum Gasteiger partial charge on any atom is -0.491 e. The van der Waals surface area contributed by atoms with Crippen LogP contribution in [0.4, 0.5) is 10.1 Å².